The zero-order chi connectivity index (χ0) is 7.98. The fourth-order valence-corrected chi connectivity index (χ4v) is 0.269. The Balaban J connectivity index is 3.67. The third-order valence-electron chi connectivity index (χ3n) is 0.578. The van der Waals surface area contributed by atoms with Crippen molar-refractivity contribution < 1.29 is 9.90 Å². The van der Waals surface area contributed by atoms with Crippen molar-refractivity contribution in [3.05, 3.63) is 0 Å². The minimum absolute atomic E-state index is 0.0580. The maximum atomic E-state index is 9.87. The second kappa shape index (κ2) is 4.30. The maximum Gasteiger partial charge on any atom is 0.325 e. The number of hydrogen-bond acceptors (Lipinski definition) is 3. The summed E-state index contributed by atoms with van der Waals surface area (Å²) in [6.45, 7) is 2.69. The molecule has 0 bridgehead atoms. The van der Waals surface area contributed by atoms with Gasteiger partial charge >= 0.3 is 5.97 Å². The molecule has 0 aromatic heterocycles. The minimum Gasteiger partial charge on any atom is -0.480 e. The van der Waals surface area contributed by atoms with Crippen molar-refractivity contribution in [2.75, 3.05) is 6.54 Å². The summed E-state index contributed by atoms with van der Waals surface area (Å²) in [6.07, 6.45) is 0. The Morgan fingerprint density at radius 2 is 2.40 bits per heavy atom. The lowest BCUT2D eigenvalue weighted by Crippen LogP contribution is -2.27. The summed E-state index contributed by atoms with van der Waals surface area (Å²) < 4.78 is 0. The van der Waals surface area contributed by atoms with Crippen molar-refractivity contribution in [1.82, 2.24) is 5.43 Å². The summed E-state index contributed by atoms with van der Waals surface area (Å²) in [5.41, 5.74) is 7.25. The molecule has 0 saturated heterocycles. The van der Waals surface area contributed by atoms with Gasteiger partial charge in [0.2, 0.25) is 5.96 Å². The molecular formula is C4H8N4O2. The third kappa shape index (κ3) is 4.57. The van der Waals surface area contributed by atoms with Crippen LogP contribution in [0.4, 0.5) is 0 Å². The number of hydrazone groups is 1. The Kier molecular flexibility index (Phi) is 3.62. The van der Waals surface area contributed by atoms with E-state index >= 15 is 0 Å². The molecule has 0 aliphatic rings. The van der Waals surface area contributed by atoms with Crippen molar-refractivity contribution in [2.45, 2.75) is 0 Å². The van der Waals surface area contributed by atoms with E-state index in [1.54, 1.807) is 0 Å². The molecule has 4 N–H and O–H groups in total. The summed E-state index contributed by atoms with van der Waals surface area (Å²) in [4.78, 5) is 13.2. The zero-order valence-corrected chi connectivity index (χ0v) is 5.24. The van der Waals surface area contributed by atoms with Crippen LogP contribution in [0, 0.1) is 0 Å². The molecule has 0 amide bonds. The molecule has 0 fully saturated rings. The van der Waals surface area contributed by atoms with Crippen molar-refractivity contribution >= 4 is 18.6 Å². The van der Waals surface area contributed by atoms with Gasteiger partial charge in [0.05, 0.1) is 0 Å². The summed E-state index contributed by atoms with van der Waals surface area (Å²) >= 11 is 0. The first kappa shape index (κ1) is 8.41. The van der Waals surface area contributed by atoms with Crippen molar-refractivity contribution in [2.24, 2.45) is 15.8 Å². The quantitative estimate of drug-likeness (QED) is 0.257. The molecule has 10 heavy (non-hydrogen) atoms. The highest BCUT2D eigenvalue weighted by Gasteiger charge is 1.92. The van der Waals surface area contributed by atoms with E-state index in [0.717, 1.165) is 0 Å². The number of nitrogens with zero attached hydrogens (tertiary/aromatic N) is 2. The van der Waals surface area contributed by atoms with Gasteiger partial charge in [-0.3, -0.25) is 4.79 Å². The molecule has 6 heteroatoms. The molecule has 0 saturated carbocycles. The number of hydrogen-bond donors (Lipinski definition) is 3. The third-order valence-corrected chi connectivity index (χ3v) is 0.578. The normalized spacial score (nSPS) is 10.6. The van der Waals surface area contributed by atoms with Crippen LogP contribution in [0.5, 0.6) is 0 Å². The molecule has 0 aliphatic heterocycles. The van der Waals surface area contributed by atoms with E-state index in [-0.39, 0.29) is 12.5 Å². The van der Waals surface area contributed by atoms with Crippen LogP contribution >= 0.6 is 0 Å². The van der Waals surface area contributed by atoms with Crippen LogP contribution in [0.25, 0.3) is 0 Å². The van der Waals surface area contributed by atoms with Crippen LogP contribution in [-0.2, 0) is 4.79 Å². The Bertz CT molecular complexity index is 165. The lowest BCUT2D eigenvalue weighted by molar-refractivity contribution is -0.135. The molecule has 0 heterocycles. The highest BCUT2D eigenvalue weighted by atomic mass is 16.4. The number of carboxylic acid groups (broad SMARTS) is 1. The number of guanidine groups is 1. The van der Waals surface area contributed by atoms with Gasteiger partial charge in [0.1, 0.15) is 6.54 Å². The van der Waals surface area contributed by atoms with Crippen LogP contribution in [0.1, 0.15) is 0 Å². The number of aliphatic imine (C=N–C) groups is 1. The van der Waals surface area contributed by atoms with Crippen molar-refractivity contribution in [1.29, 1.82) is 0 Å². The smallest absolute Gasteiger partial charge is 0.325 e. The fraction of sp³-hybridized carbons (Fsp3) is 0.250. The van der Waals surface area contributed by atoms with E-state index in [2.05, 4.69) is 22.2 Å². The number of carbonyl (C=O) groups is 1. The average Bonchev–Trinajstić information content (AvgIpc) is 1.85. The second-order valence-corrected chi connectivity index (χ2v) is 1.37. The molecule has 6 nitrogen and oxygen atoms in total. The molecule has 0 aromatic rings. The van der Waals surface area contributed by atoms with Crippen LogP contribution in [0.15, 0.2) is 10.1 Å². The molecule has 0 spiro atoms. The Morgan fingerprint density at radius 1 is 1.80 bits per heavy atom. The lowest BCUT2D eigenvalue weighted by atomic mass is 10.7. The van der Waals surface area contributed by atoms with Crippen LogP contribution < -0.4 is 11.2 Å². The number of nitrogens with two attached hydrogens (primary N) is 1. The highest BCUT2D eigenvalue weighted by Crippen LogP contribution is 1.68. The van der Waals surface area contributed by atoms with Gasteiger partial charge in [-0.2, -0.15) is 5.10 Å². The van der Waals surface area contributed by atoms with Gasteiger partial charge in [-0.05, 0) is 0 Å². The van der Waals surface area contributed by atoms with Crippen LogP contribution in [-0.4, -0.2) is 30.3 Å². The van der Waals surface area contributed by atoms with Gasteiger partial charge in [-0.1, -0.05) is 0 Å². The predicted molar refractivity (Wildman–Crippen MR) is 36.8 cm³/mol. The second-order valence-electron chi connectivity index (χ2n) is 1.37. The lowest BCUT2D eigenvalue weighted by Gasteiger charge is -1.94. The number of nitrogens with one attached hydrogen (secondary N) is 1. The molecule has 0 aliphatic carbocycles. The monoisotopic (exact) mass is 144 g/mol. The summed E-state index contributed by atoms with van der Waals surface area (Å²) in [6, 6.07) is 0. The zero-order valence-electron chi connectivity index (χ0n) is 5.24. The minimum atomic E-state index is -1.05. The van der Waals surface area contributed by atoms with Gasteiger partial charge in [0.15, 0.2) is 0 Å². The molecule has 0 unspecified atom stereocenters. The molecule has 56 valence electrons. The SMILES string of the molecule is C=NNC(N)=NCC(=O)O. The molecule has 0 aromatic carbocycles. The first-order valence-electron chi connectivity index (χ1n) is 2.40. The molecular weight excluding hydrogens is 136 g/mol. The largest absolute Gasteiger partial charge is 0.480 e. The van der Waals surface area contributed by atoms with Crippen molar-refractivity contribution in [3.63, 3.8) is 0 Å². The highest BCUT2D eigenvalue weighted by molar-refractivity contribution is 5.80. The molecule has 0 atom stereocenters. The van der Waals surface area contributed by atoms with E-state index in [9.17, 15) is 4.79 Å². The Morgan fingerprint density at radius 3 is 2.80 bits per heavy atom. The van der Waals surface area contributed by atoms with Gasteiger partial charge in [0, 0.05) is 6.72 Å². The Labute approximate surface area is 57.4 Å². The number of carboxylic acids is 1. The van der Waals surface area contributed by atoms with Gasteiger partial charge in [-0.15, -0.1) is 0 Å². The number of aliphatic carboxylic acids is 1. The van der Waals surface area contributed by atoms with E-state index in [1.807, 2.05) is 0 Å². The Hall–Kier alpha value is -1.59. The fourth-order valence-electron chi connectivity index (χ4n) is 0.269. The first-order chi connectivity index (χ1) is 4.66. The van der Waals surface area contributed by atoms with E-state index in [1.165, 1.54) is 0 Å². The van der Waals surface area contributed by atoms with E-state index in [4.69, 9.17) is 10.8 Å². The van der Waals surface area contributed by atoms with Gasteiger partial charge < -0.3 is 10.8 Å². The average molecular weight is 144 g/mol. The van der Waals surface area contributed by atoms with E-state index in [0.29, 0.717) is 0 Å². The number of rotatable bonds is 3. The predicted octanol–water partition coefficient (Wildman–Crippen LogP) is -1.41. The summed E-state index contributed by atoms with van der Waals surface area (Å²) in [7, 11) is 0. The topological polar surface area (TPSA) is 100 Å². The van der Waals surface area contributed by atoms with Crippen molar-refractivity contribution in [3.8, 4) is 0 Å². The van der Waals surface area contributed by atoms with Crippen LogP contribution in [0.3, 0.4) is 0 Å². The van der Waals surface area contributed by atoms with E-state index < -0.39 is 5.97 Å². The molecule has 0 radical (unpaired) electrons. The maximum absolute atomic E-state index is 9.87. The summed E-state index contributed by atoms with van der Waals surface area (Å²) in [5, 5.41) is 11.3. The summed E-state index contributed by atoms with van der Waals surface area (Å²) in [5.74, 6) is -1.11. The standard InChI is InChI=1S/C4H8N4O2/c1-6-8-4(5)7-2-3(9)10/h1-2H2,(H,9,10)(H3,5,7,8). The van der Waals surface area contributed by atoms with Gasteiger partial charge in [-0.25, -0.2) is 10.4 Å². The first-order valence-corrected chi connectivity index (χ1v) is 2.40. The van der Waals surface area contributed by atoms with Crippen LogP contribution in [0.2, 0.25) is 0 Å². The van der Waals surface area contributed by atoms with Gasteiger partial charge in [0.25, 0.3) is 0 Å². The molecule has 0 rings (SSSR count).